The predicted molar refractivity (Wildman–Crippen MR) is 102 cm³/mol. The van der Waals surface area contributed by atoms with Crippen molar-refractivity contribution in [3.05, 3.63) is 63.1 Å². The first-order valence-corrected chi connectivity index (χ1v) is 10.9. The number of aliphatic hydroxyl groups is 1. The summed E-state index contributed by atoms with van der Waals surface area (Å²) in [4.78, 5) is 0.118. The zero-order valence-electron chi connectivity index (χ0n) is 14.4. The second-order valence-corrected chi connectivity index (χ2v) is 9.84. The molecule has 1 aliphatic rings. The van der Waals surface area contributed by atoms with Crippen molar-refractivity contribution in [3.8, 4) is 0 Å². The number of piperidine rings is 1. The van der Waals surface area contributed by atoms with E-state index in [4.69, 9.17) is 11.6 Å². The predicted octanol–water partition coefficient (Wildman–Crippen LogP) is 4.79. The molecule has 0 aromatic heterocycles. The van der Waals surface area contributed by atoms with Crippen LogP contribution in [0.4, 0.5) is 13.2 Å². The molecule has 1 heterocycles. The van der Waals surface area contributed by atoms with Crippen LogP contribution in [0.5, 0.6) is 0 Å². The van der Waals surface area contributed by atoms with Crippen molar-refractivity contribution < 1.29 is 26.7 Å². The van der Waals surface area contributed by atoms with E-state index in [0.29, 0.717) is 0 Å². The highest BCUT2D eigenvalue weighted by atomic mass is 79.9. The summed E-state index contributed by atoms with van der Waals surface area (Å²) in [6, 6.07) is 9.43. The number of benzene rings is 2. The maximum Gasteiger partial charge on any atom is 0.417 e. The van der Waals surface area contributed by atoms with Crippen LogP contribution in [0.3, 0.4) is 0 Å². The van der Waals surface area contributed by atoms with Gasteiger partial charge in [0.25, 0.3) is 0 Å². The molecular formula is C18H16BrClF3NO3S. The normalized spacial score (nSPS) is 18.2. The van der Waals surface area contributed by atoms with Gasteiger partial charge in [-0.05, 0) is 54.8 Å². The van der Waals surface area contributed by atoms with Gasteiger partial charge in [0.2, 0.25) is 10.0 Å². The number of nitrogens with zero attached hydrogens (tertiary/aromatic N) is 1. The first-order valence-electron chi connectivity index (χ1n) is 8.29. The number of sulfonamides is 1. The summed E-state index contributed by atoms with van der Waals surface area (Å²) in [6.45, 7) is -0.0300. The molecular weight excluding hydrogens is 483 g/mol. The Morgan fingerprint density at radius 2 is 1.64 bits per heavy atom. The largest absolute Gasteiger partial charge is 0.417 e. The molecule has 1 N–H and O–H groups in total. The SMILES string of the molecule is O=S(=O)(c1ccc(Br)cc1)N1CCC(O)(c2ccc(Cl)c(C(F)(F)F)c2)CC1. The molecule has 2 aromatic carbocycles. The highest BCUT2D eigenvalue weighted by Crippen LogP contribution is 2.40. The van der Waals surface area contributed by atoms with E-state index in [2.05, 4.69) is 15.9 Å². The second kappa shape index (κ2) is 7.60. The molecule has 0 saturated carbocycles. The minimum Gasteiger partial charge on any atom is -0.385 e. The maximum absolute atomic E-state index is 13.1. The lowest BCUT2D eigenvalue weighted by Crippen LogP contribution is -2.45. The number of halogens is 5. The Morgan fingerprint density at radius 3 is 2.18 bits per heavy atom. The van der Waals surface area contributed by atoms with Crippen molar-refractivity contribution in [1.29, 1.82) is 0 Å². The van der Waals surface area contributed by atoms with Crippen LogP contribution in [0.25, 0.3) is 0 Å². The van der Waals surface area contributed by atoms with Crippen molar-refractivity contribution in [2.45, 2.75) is 29.5 Å². The molecule has 0 unspecified atom stereocenters. The zero-order valence-corrected chi connectivity index (χ0v) is 17.5. The van der Waals surface area contributed by atoms with Gasteiger partial charge in [0, 0.05) is 17.6 Å². The summed E-state index contributed by atoms with van der Waals surface area (Å²) in [5, 5.41) is 10.4. The van der Waals surface area contributed by atoms with Crippen LogP contribution >= 0.6 is 27.5 Å². The minimum absolute atomic E-state index is 0.0150. The summed E-state index contributed by atoms with van der Waals surface area (Å²) in [7, 11) is -3.75. The molecule has 0 radical (unpaired) electrons. The molecule has 1 saturated heterocycles. The van der Waals surface area contributed by atoms with E-state index in [1.54, 1.807) is 12.1 Å². The molecule has 10 heteroatoms. The zero-order chi connectivity index (χ0) is 20.7. The number of rotatable bonds is 3. The summed E-state index contributed by atoms with van der Waals surface area (Å²) in [6.07, 6.45) is -4.70. The van der Waals surface area contributed by atoms with Crippen LogP contribution in [0.15, 0.2) is 51.8 Å². The monoisotopic (exact) mass is 497 g/mol. The minimum atomic E-state index is -4.64. The Hall–Kier alpha value is -1.13. The third-order valence-corrected chi connectivity index (χ3v) is 7.58. The van der Waals surface area contributed by atoms with Crippen LogP contribution in [0.1, 0.15) is 24.0 Å². The average Bonchev–Trinajstić information content (AvgIpc) is 2.61. The second-order valence-electron chi connectivity index (χ2n) is 6.58. The summed E-state index contributed by atoms with van der Waals surface area (Å²) >= 11 is 8.88. The van der Waals surface area contributed by atoms with Gasteiger partial charge in [-0.25, -0.2) is 8.42 Å². The van der Waals surface area contributed by atoms with Crippen molar-refractivity contribution in [1.82, 2.24) is 4.31 Å². The van der Waals surface area contributed by atoms with Gasteiger partial charge in [0.1, 0.15) is 0 Å². The molecule has 0 aliphatic carbocycles. The number of hydrogen-bond donors (Lipinski definition) is 1. The van der Waals surface area contributed by atoms with Gasteiger partial charge < -0.3 is 5.11 Å². The van der Waals surface area contributed by atoms with Gasteiger partial charge in [0.15, 0.2) is 0 Å². The van der Waals surface area contributed by atoms with Crippen molar-refractivity contribution in [2.24, 2.45) is 0 Å². The molecule has 2 aromatic rings. The molecule has 4 nitrogen and oxygen atoms in total. The van der Waals surface area contributed by atoms with Gasteiger partial charge >= 0.3 is 6.18 Å². The van der Waals surface area contributed by atoms with Crippen LogP contribution in [-0.2, 0) is 21.8 Å². The molecule has 0 spiro atoms. The third-order valence-electron chi connectivity index (χ3n) is 4.81. The van der Waals surface area contributed by atoms with Crippen LogP contribution in [0, 0.1) is 0 Å². The van der Waals surface area contributed by atoms with Crippen molar-refractivity contribution >= 4 is 37.6 Å². The van der Waals surface area contributed by atoms with Crippen LogP contribution in [0.2, 0.25) is 5.02 Å². The van der Waals surface area contributed by atoms with E-state index in [1.165, 1.54) is 22.5 Å². The van der Waals surface area contributed by atoms with Gasteiger partial charge in [-0.3, -0.25) is 0 Å². The third kappa shape index (κ3) is 4.23. The van der Waals surface area contributed by atoms with Gasteiger partial charge in [-0.2, -0.15) is 17.5 Å². The summed E-state index contributed by atoms with van der Waals surface area (Å²) < 4.78 is 66.7. The molecule has 0 amide bonds. The summed E-state index contributed by atoms with van der Waals surface area (Å²) in [5.41, 5.74) is -2.51. The van der Waals surface area contributed by atoms with Gasteiger partial charge in [-0.1, -0.05) is 33.6 Å². The van der Waals surface area contributed by atoms with E-state index in [0.717, 1.165) is 16.6 Å². The Kier molecular flexibility index (Phi) is 5.86. The fourth-order valence-corrected chi connectivity index (χ4v) is 5.10. The fourth-order valence-electron chi connectivity index (χ4n) is 3.17. The van der Waals surface area contributed by atoms with Gasteiger partial charge in [0.05, 0.1) is 21.1 Å². The quantitative estimate of drug-likeness (QED) is 0.662. The molecule has 28 heavy (non-hydrogen) atoms. The van der Waals surface area contributed by atoms with Crippen LogP contribution < -0.4 is 0 Å². The Bertz CT molecular complexity index is 973. The smallest absolute Gasteiger partial charge is 0.385 e. The Balaban J connectivity index is 1.82. The molecule has 3 rings (SSSR count). The lowest BCUT2D eigenvalue weighted by Gasteiger charge is -2.38. The molecule has 152 valence electrons. The summed E-state index contributed by atoms with van der Waals surface area (Å²) in [5.74, 6) is 0. The lowest BCUT2D eigenvalue weighted by molar-refractivity contribution is -0.137. The fraction of sp³-hybridized carbons (Fsp3) is 0.333. The highest BCUT2D eigenvalue weighted by molar-refractivity contribution is 9.10. The Morgan fingerprint density at radius 1 is 1.07 bits per heavy atom. The maximum atomic E-state index is 13.1. The Labute approximate surface area is 174 Å². The van der Waals surface area contributed by atoms with E-state index in [1.807, 2.05) is 0 Å². The topological polar surface area (TPSA) is 57.6 Å². The average molecular weight is 499 g/mol. The first-order chi connectivity index (χ1) is 12.9. The van der Waals surface area contributed by atoms with Crippen molar-refractivity contribution in [3.63, 3.8) is 0 Å². The van der Waals surface area contributed by atoms with Gasteiger partial charge in [-0.15, -0.1) is 0 Å². The molecule has 0 atom stereocenters. The number of alkyl halides is 3. The number of hydrogen-bond acceptors (Lipinski definition) is 3. The molecule has 1 fully saturated rings. The van der Waals surface area contributed by atoms with Crippen LogP contribution in [-0.4, -0.2) is 30.9 Å². The molecule has 0 bridgehead atoms. The molecule has 1 aliphatic heterocycles. The standard InChI is InChI=1S/C18H16BrClF3NO3S/c19-13-2-4-14(5-3-13)28(26,27)24-9-7-17(25,8-10-24)12-1-6-16(20)15(11-12)18(21,22)23/h1-6,11,25H,7-10H2. The lowest BCUT2D eigenvalue weighted by atomic mass is 9.84. The van der Waals surface area contributed by atoms with Crippen molar-refractivity contribution in [2.75, 3.05) is 13.1 Å². The van der Waals surface area contributed by atoms with E-state index in [9.17, 15) is 26.7 Å². The van der Waals surface area contributed by atoms with E-state index in [-0.39, 0.29) is 36.4 Å². The van der Waals surface area contributed by atoms with E-state index >= 15 is 0 Å². The first kappa shape index (κ1) is 21.6. The highest BCUT2D eigenvalue weighted by Gasteiger charge is 2.40. The van der Waals surface area contributed by atoms with E-state index < -0.39 is 32.4 Å².